The Morgan fingerprint density at radius 3 is 2.27 bits per heavy atom. The standard InChI is InChI=1S/C35H33N3O6/c1-6-9-13-26(7-2)38(27-14-11-10-12-15-27)28-19-16-24(17-20-28)22-31-32(39)37(8-3)35(44-31)36-30-23-25(33(40)42-4)18-21-29(30)34(41)43-5/h6-7,9-23H,1,8H2,2-5H3/b13-9-,26-7+,31-22+,36-35+. The van der Waals surface area contributed by atoms with Crippen molar-refractivity contribution in [2.24, 2.45) is 4.99 Å². The summed E-state index contributed by atoms with van der Waals surface area (Å²) in [4.78, 5) is 45.7. The van der Waals surface area contributed by atoms with Gasteiger partial charge in [0.25, 0.3) is 5.91 Å². The number of hydrogen-bond donors (Lipinski definition) is 0. The van der Waals surface area contributed by atoms with Crippen LogP contribution in [0.2, 0.25) is 0 Å². The Hall–Kier alpha value is -5.70. The van der Waals surface area contributed by atoms with Gasteiger partial charge in [-0.05, 0) is 74.0 Å². The number of rotatable bonds is 10. The Morgan fingerprint density at radius 1 is 0.977 bits per heavy atom. The lowest BCUT2D eigenvalue weighted by Gasteiger charge is -2.26. The van der Waals surface area contributed by atoms with Gasteiger partial charge in [0.2, 0.25) is 0 Å². The number of anilines is 2. The van der Waals surface area contributed by atoms with Crippen LogP contribution in [-0.2, 0) is 19.0 Å². The summed E-state index contributed by atoms with van der Waals surface area (Å²) < 4.78 is 15.6. The average Bonchev–Trinajstić information content (AvgIpc) is 3.35. The van der Waals surface area contributed by atoms with Crippen LogP contribution in [0.25, 0.3) is 6.08 Å². The Bertz CT molecular complexity index is 1670. The number of methoxy groups -OCH3 is 2. The van der Waals surface area contributed by atoms with Crippen molar-refractivity contribution >= 4 is 47.0 Å². The van der Waals surface area contributed by atoms with Gasteiger partial charge >= 0.3 is 18.0 Å². The molecule has 1 amide bonds. The van der Waals surface area contributed by atoms with E-state index >= 15 is 0 Å². The van der Waals surface area contributed by atoms with Crippen LogP contribution >= 0.6 is 0 Å². The van der Waals surface area contributed by atoms with Crippen LogP contribution in [0.4, 0.5) is 17.1 Å². The second kappa shape index (κ2) is 14.5. The van der Waals surface area contributed by atoms with Crippen LogP contribution in [0, 0.1) is 0 Å². The monoisotopic (exact) mass is 591 g/mol. The molecule has 4 rings (SSSR count). The third-order valence-electron chi connectivity index (χ3n) is 6.67. The minimum absolute atomic E-state index is 0.0328. The highest BCUT2D eigenvalue weighted by Gasteiger charge is 2.34. The summed E-state index contributed by atoms with van der Waals surface area (Å²) >= 11 is 0. The second-order valence-electron chi connectivity index (χ2n) is 9.34. The first-order valence-corrected chi connectivity index (χ1v) is 13.9. The maximum absolute atomic E-state index is 13.3. The zero-order valence-electron chi connectivity index (χ0n) is 25.0. The van der Waals surface area contributed by atoms with Crippen LogP contribution in [0.15, 0.2) is 120 Å². The van der Waals surface area contributed by atoms with E-state index in [0.29, 0.717) is 0 Å². The summed E-state index contributed by atoms with van der Waals surface area (Å²) in [5, 5.41) is 0. The maximum atomic E-state index is 13.3. The lowest BCUT2D eigenvalue weighted by atomic mass is 10.1. The summed E-state index contributed by atoms with van der Waals surface area (Å²) in [6.45, 7) is 7.79. The number of esters is 2. The van der Waals surface area contributed by atoms with Crippen LogP contribution in [-0.4, -0.2) is 49.5 Å². The van der Waals surface area contributed by atoms with Crippen LogP contribution < -0.4 is 4.90 Å². The predicted molar refractivity (Wildman–Crippen MR) is 171 cm³/mol. The van der Waals surface area contributed by atoms with Crippen molar-refractivity contribution < 1.29 is 28.6 Å². The fraction of sp³-hybridized carbons (Fsp3) is 0.143. The first kappa shape index (κ1) is 31.2. The highest BCUT2D eigenvalue weighted by atomic mass is 16.5. The number of para-hydroxylation sites is 1. The number of ether oxygens (including phenoxy) is 3. The number of aliphatic imine (C=N–C) groups is 1. The molecule has 1 saturated heterocycles. The van der Waals surface area contributed by atoms with Gasteiger partial charge in [-0.25, -0.2) is 9.59 Å². The minimum atomic E-state index is -0.658. The molecular formula is C35H33N3O6. The van der Waals surface area contributed by atoms with Gasteiger partial charge in [-0.1, -0.05) is 55.1 Å². The van der Waals surface area contributed by atoms with Crippen LogP contribution in [0.5, 0.6) is 0 Å². The summed E-state index contributed by atoms with van der Waals surface area (Å²) in [5.41, 5.74) is 3.95. The van der Waals surface area contributed by atoms with Gasteiger partial charge < -0.3 is 19.1 Å². The van der Waals surface area contributed by atoms with Gasteiger partial charge in [0.15, 0.2) is 5.76 Å². The molecule has 0 aromatic heterocycles. The van der Waals surface area contributed by atoms with Crippen molar-refractivity contribution in [2.75, 3.05) is 25.7 Å². The number of hydrogen-bond acceptors (Lipinski definition) is 8. The van der Waals surface area contributed by atoms with E-state index in [-0.39, 0.29) is 35.1 Å². The quantitative estimate of drug-likeness (QED) is 0.143. The highest BCUT2D eigenvalue weighted by molar-refractivity contribution is 6.12. The van der Waals surface area contributed by atoms with Crippen molar-refractivity contribution in [1.82, 2.24) is 4.90 Å². The lowest BCUT2D eigenvalue weighted by molar-refractivity contribution is -0.122. The normalized spacial score (nSPS) is 15.0. The van der Waals surface area contributed by atoms with E-state index in [1.807, 2.05) is 79.7 Å². The Kier molecular flexibility index (Phi) is 10.3. The molecule has 1 aliphatic rings. The molecule has 9 nitrogen and oxygen atoms in total. The van der Waals surface area contributed by atoms with E-state index in [1.54, 1.807) is 19.1 Å². The maximum Gasteiger partial charge on any atom is 0.340 e. The zero-order chi connectivity index (χ0) is 31.6. The predicted octanol–water partition coefficient (Wildman–Crippen LogP) is 6.95. The van der Waals surface area contributed by atoms with Crippen molar-refractivity contribution in [3.05, 3.63) is 132 Å². The number of allylic oxidation sites excluding steroid dienone is 4. The molecule has 1 fully saturated rings. The van der Waals surface area contributed by atoms with Crippen molar-refractivity contribution in [3.63, 3.8) is 0 Å². The molecule has 44 heavy (non-hydrogen) atoms. The van der Waals surface area contributed by atoms with Gasteiger partial charge in [-0.3, -0.25) is 9.69 Å². The molecule has 3 aromatic carbocycles. The summed E-state index contributed by atoms with van der Waals surface area (Å²) in [7, 11) is 2.49. The smallest absolute Gasteiger partial charge is 0.340 e. The number of carbonyl (C=O) groups is 3. The molecule has 224 valence electrons. The first-order valence-electron chi connectivity index (χ1n) is 13.9. The minimum Gasteiger partial charge on any atom is -0.465 e. The molecule has 0 saturated carbocycles. The molecular weight excluding hydrogens is 558 g/mol. The molecule has 3 aromatic rings. The van der Waals surface area contributed by atoms with Gasteiger partial charge in [-0.2, -0.15) is 4.99 Å². The molecule has 0 bridgehead atoms. The third kappa shape index (κ3) is 6.84. The fourth-order valence-electron chi connectivity index (χ4n) is 4.49. The lowest BCUT2D eigenvalue weighted by Crippen LogP contribution is -2.29. The molecule has 1 aliphatic heterocycles. The molecule has 0 radical (unpaired) electrons. The van der Waals surface area contributed by atoms with Gasteiger partial charge in [-0.15, -0.1) is 0 Å². The molecule has 0 aliphatic carbocycles. The second-order valence-corrected chi connectivity index (χ2v) is 9.34. The largest absolute Gasteiger partial charge is 0.465 e. The van der Waals surface area contributed by atoms with Crippen LogP contribution in [0.1, 0.15) is 40.1 Å². The average molecular weight is 592 g/mol. The molecule has 0 unspecified atom stereocenters. The topological polar surface area (TPSA) is 97.7 Å². The van der Waals surface area contributed by atoms with Gasteiger partial charge in [0.1, 0.15) is 0 Å². The third-order valence-corrected chi connectivity index (χ3v) is 6.67. The summed E-state index contributed by atoms with van der Waals surface area (Å²) in [5.74, 6) is -1.60. The van der Waals surface area contributed by atoms with E-state index in [9.17, 15) is 14.4 Å². The van der Waals surface area contributed by atoms with Gasteiger partial charge in [0.05, 0.1) is 31.0 Å². The number of amidine groups is 1. The highest BCUT2D eigenvalue weighted by Crippen LogP contribution is 2.32. The van der Waals surface area contributed by atoms with Crippen molar-refractivity contribution in [2.45, 2.75) is 13.8 Å². The fourth-order valence-corrected chi connectivity index (χ4v) is 4.49. The molecule has 1 heterocycles. The first-order chi connectivity index (χ1) is 21.3. The van der Waals surface area contributed by atoms with E-state index < -0.39 is 17.8 Å². The zero-order valence-corrected chi connectivity index (χ0v) is 25.0. The summed E-state index contributed by atoms with van der Waals surface area (Å²) in [6, 6.07) is 21.9. The Morgan fingerprint density at radius 2 is 1.66 bits per heavy atom. The van der Waals surface area contributed by atoms with E-state index in [2.05, 4.69) is 16.5 Å². The molecule has 0 spiro atoms. The summed E-state index contributed by atoms with van der Waals surface area (Å²) in [6.07, 6.45) is 9.23. The molecule has 9 heteroatoms. The molecule has 0 atom stereocenters. The van der Waals surface area contributed by atoms with Crippen molar-refractivity contribution in [3.8, 4) is 0 Å². The van der Waals surface area contributed by atoms with Gasteiger partial charge in [0, 0.05) is 23.6 Å². The number of nitrogens with zero attached hydrogens (tertiary/aromatic N) is 3. The Balaban J connectivity index is 1.69. The number of amides is 1. The SMILES string of the molecule is C=C/C=C\C(=C/C)N(c1ccccc1)c1ccc(/C=C2/O/C(=N/c3cc(C(=O)OC)ccc3C(=O)OC)N(CC)C2=O)cc1. The van der Waals surface area contributed by atoms with Crippen molar-refractivity contribution in [1.29, 1.82) is 0 Å². The van der Waals surface area contributed by atoms with E-state index in [4.69, 9.17) is 14.2 Å². The molecule has 0 N–H and O–H groups in total. The van der Waals surface area contributed by atoms with E-state index in [0.717, 1.165) is 22.6 Å². The Labute approximate surface area is 256 Å². The van der Waals surface area contributed by atoms with E-state index in [1.165, 1.54) is 37.3 Å². The number of carbonyl (C=O) groups excluding carboxylic acids is 3. The van der Waals surface area contributed by atoms with Crippen LogP contribution in [0.3, 0.4) is 0 Å². The number of benzene rings is 3. The number of likely N-dealkylation sites (N-methyl/N-ethyl adjacent to an activating group) is 1.